The minimum Gasteiger partial charge on any atom is -0.390 e. The molecule has 226 valence electrons. The number of pyridine rings is 1. The van der Waals surface area contributed by atoms with E-state index in [1.54, 1.807) is 4.90 Å². The Morgan fingerprint density at radius 1 is 1.23 bits per heavy atom. The molecule has 3 atom stereocenters. The quantitative estimate of drug-likeness (QED) is 0.197. The second-order valence-electron chi connectivity index (χ2n) is 8.54. The van der Waals surface area contributed by atoms with E-state index in [1.165, 1.54) is 12.5 Å². The SMILES string of the molecule is C/C=C\C(=C/CC)c1ccc(CNC=O)nc1.CC.CC.CCCN(CC1C=CC=C(Cl)C1)C(=O)C(O)C(C)O. The van der Waals surface area contributed by atoms with Crippen molar-refractivity contribution in [1.29, 1.82) is 0 Å². The van der Waals surface area contributed by atoms with Crippen LogP contribution in [0.25, 0.3) is 5.57 Å². The number of hydrogen-bond acceptors (Lipinski definition) is 5. The lowest BCUT2D eigenvalue weighted by atomic mass is 9.99. The van der Waals surface area contributed by atoms with Gasteiger partial charge in [-0.05, 0) is 62.3 Å². The first kappa shape index (κ1) is 39.4. The second kappa shape index (κ2) is 25.2. The Morgan fingerprint density at radius 2 is 1.90 bits per heavy atom. The molecule has 1 aromatic heterocycles. The van der Waals surface area contributed by atoms with Gasteiger partial charge in [-0.25, -0.2) is 0 Å². The first-order valence-corrected chi connectivity index (χ1v) is 14.8. The lowest BCUT2D eigenvalue weighted by Crippen LogP contribution is -2.46. The summed E-state index contributed by atoms with van der Waals surface area (Å²) in [6.07, 6.45) is 14.6. The topological polar surface area (TPSA) is 103 Å². The van der Waals surface area contributed by atoms with Gasteiger partial charge in [-0.3, -0.25) is 14.6 Å². The molecule has 2 rings (SSSR count). The summed E-state index contributed by atoms with van der Waals surface area (Å²) in [7, 11) is 0. The van der Waals surface area contributed by atoms with Gasteiger partial charge in [0.15, 0.2) is 6.10 Å². The summed E-state index contributed by atoms with van der Waals surface area (Å²) in [5.74, 6) is -0.259. The summed E-state index contributed by atoms with van der Waals surface area (Å²) in [6.45, 7) is 17.0. The van der Waals surface area contributed by atoms with Crippen molar-refractivity contribution in [3.05, 3.63) is 71.1 Å². The Bertz CT molecular complexity index is 925. The van der Waals surface area contributed by atoms with Gasteiger partial charge in [-0.1, -0.05) is 89.6 Å². The van der Waals surface area contributed by atoms with Crippen molar-refractivity contribution in [2.75, 3.05) is 13.1 Å². The van der Waals surface area contributed by atoms with Crippen molar-refractivity contribution in [2.24, 2.45) is 5.92 Å². The van der Waals surface area contributed by atoms with E-state index >= 15 is 0 Å². The number of aromatic nitrogens is 1. The van der Waals surface area contributed by atoms with Crippen molar-refractivity contribution in [2.45, 2.75) is 93.4 Å². The Kier molecular flexibility index (Phi) is 24.9. The molecule has 1 heterocycles. The number of hydrogen-bond donors (Lipinski definition) is 3. The number of nitrogens with one attached hydrogen (secondary N) is 1. The van der Waals surface area contributed by atoms with Crippen molar-refractivity contribution < 1.29 is 19.8 Å². The van der Waals surface area contributed by atoms with E-state index < -0.39 is 18.1 Å². The minimum atomic E-state index is -1.36. The van der Waals surface area contributed by atoms with Crippen molar-refractivity contribution >= 4 is 29.5 Å². The number of aliphatic hydroxyl groups is 2. The van der Waals surface area contributed by atoms with Crippen LogP contribution in [0.5, 0.6) is 0 Å². The van der Waals surface area contributed by atoms with Crippen LogP contribution in [-0.4, -0.2) is 57.7 Å². The molecule has 0 saturated carbocycles. The van der Waals surface area contributed by atoms with Gasteiger partial charge in [0.25, 0.3) is 5.91 Å². The van der Waals surface area contributed by atoms with Crippen molar-refractivity contribution in [1.82, 2.24) is 15.2 Å². The fraction of sp³-hybridized carbons (Fsp3) is 0.531. The maximum atomic E-state index is 12.1. The number of amides is 2. The zero-order valence-electron chi connectivity index (χ0n) is 25.7. The fourth-order valence-electron chi connectivity index (χ4n) is 3.59. The predicted octanol–water partition coefficient (Wildman–Crippen LogP) is 6.42. The van der Waals surface area contributed by atoms with Gasteiger partial charge in [0.2, 0.25) is 6.41 Å². The van der Waals surface area contributed by atoms with Crippen LogP contribution >= 0.6 is 11.6 Å². The molecule has 0 aromatic carbocycles. The molecule has 0 radical (unpaired) electrons. The van der Waals surface area contributed by atoms with Crippen molar-refractivity contribution in [3.8, 4) is 0 Å². The third-order valence-corrected chi connectivity index (χ3v) is 5.66. The standard InChI is InChI=1S/C14H22ClNO3.C14H18N2O.2C2H6/c1-3-7-16(14(19)13(18)10(2)17)9-11-5-4-6-12(15)8-11;1-3-5-12(6-4-2)13-7-8-14(16-9-13)10-15-11-17;2*1-2/h4-6,10-11,13,17-18H,3,7-9H2,1-2H3;3,5-9,11H,4,10H2,1-2H3,(H,15,17);2*1-2H3/b;5-3-,12-6+;;. The second-order valence-corrected chi connectivity index (χ2v) is 9.02. The molecule has 0 spiro atoms. The lowest BCUT2D eigenvalue weighted by Gasteiger charge is -2.29. The Labute approximate surface area is 247 Å². The molecule has 7 nitrogen and oxygen atoms in total. The van der Waals surface area contributed by atoms with E-state index in [9.17, 15) is 19.8 Å². The maximum absolute atomic E-state index is 12.1. The van der Waals surface area contributed by atoms with Crippen LogP contribution in [0.3, 0.4) is 0 Å². The highest BCUT2D eigenvalue weighted by Crippen LogP contribution is 2.23. The number of nitrogens with zero attached hydrogens (tertiary/aromatic N) is 2. The van der Waals surface area contributed by atoms with Gasteiger partial charge in [0.1, 0.15) is 0 Å². The van der Waals surface area contributed by atoms with E-state index in [2.05, 4.69) is 29.4 Å². The van der Waals surface area contributed by atoms with Crippen LogP contribution in [0.1, 0.15) is 85.9 Å². The predicted molar refractivity (Wildman–Crippen MR) is 169 cm³/mol. The maximum Gasteiger partial charge on any atom is 0.254 e. The van der Waals surface area contributed by atoms with Crippen LogP contribution in [0.4, 0.5) is 0 Å². The third-order valence-electron chi connectivity index (χ3n) is 5.38. The molecule has 0 bridgehead atoms. The van der Waals surface area contributed by atoms with Crippen LogP contribution in [0.2, 0.25) is 0 Å². The summed E-state index contributed by atoms with van der Waals surface area (Å²) in [4.78, 5) is 28.1. The first-order chi connectivity index (χ1) is 19.3. The summed E-state index contributed by atoms with van der Waals surface area (Å²) in [5.41, 5.74) is 3.13. The first-order valence-electron chi connectivity index (χ1n) is 14.4. The highest BCUT2D eigenvalue weighted by Gasteiger charge is 2.27. The molecular formula is C32H52ClN3O4. The lowest BCUT2D eigenvalue weighted by molar-refractivity contribution is -0.146. The third kappa shape index (κ3) is 16.4. The van der Waals surface area contributed by atoms with Crippen LogP contribution < -0.4 is 5.32 Å². The van der Waals surface area contributed by atoms with Gasteiger partial charge in [0, 0.05) is 24.3 Å². The van der Waals surface area contributed by atoms with Crippen LogP contribution in [0.15, 0.2) is 59.8 Å². The van der Waals surface area contributed by atoms with E-state index in [1.807, 2.05) is 84.2 Å². The van der Waals surface area contributed by atoms with Crippen LogP contribution in [-0.2, 0) is 16.1 Å². The molecule has 2 amide bonds. The van der Waals surface area contributed by atoms with Gasteiger partial charge < -0.3 is 20.4 Å². The normalized spacial score (nSPS) is 15.6. The molecule has 40 heavy (non-hydrogen) atoms. The number of aliphatic hydroxyl groups excluding tert-OH is 2. The number of halogens is 1. The molecule has 8 heteroatoms. The monoisotopic (exact) mass is 577 g/mol. The van der Waals surface area contributed by atoms with E-state index in [4.69, 9.17) is 11.6 Å². The Hall–Kier alpha value is -2.74. The van der Waals surface area contributed by atoms with Gasteiger partial charge in [0.05, 0.1) is 18.3 Å². The van der Waals surface area contributed by atoms with E-state index in [0.29, 0.717) is 32.5 Å². The number of rotatable bonds is 12. The van der Waals surface area contributed by atoms with Crippen LogP contribution in [0, 0.1) is 5.92 Å². The number of allylic oxidation sites excluding steroid dienone is 7. The number of carbonyl (C=O) groups excluding carboxylic acids is 2. The zero-order valence-corrected chi connectivity index (χ0v) is 26.5. The molecule has 1 aliphatic rings. The number of carbonyl (C=O) groups is 2. The molecule has 0 fully saturated rings. The average molecular weight is 578 g/mol. The molecule has 1 aromatic rings. The fourth-order valence-corrected chi connectivity index (χ4v) is 3.87. The molecule has 0 saturated heterocycles. The van der Waals surface area contributed by atoms with E-state index in [0.717, 1.165) is 29.1 Å². The Morgan fingerprint density at radius 3 is 2.38 bits per heavy atom. The summed E-state index contributed by atoms with van der Waals surface area (Å²) in [6, 6.07) is 3.95. The summed E-state index contributed by atoms with van der Waals surface area (Å²) < 4.78 is 0. The van der Waals surface area contributed by atoms with Gasteiger partial charge in [-0.15, -0.1) is 0 Å². The van der Waals surface area contributed by atoms with Crippen molar-refractivity contribution in [3.63, 3.8) is 0 Å². The molecule has 3 N–H and O–H groups in total. The molecular weight excluding hydrogens is 526 g/mol. The van der Waals surface area contributed by atoms with Gasteiger partial charge >= 0.3 is 0 Å². The molecule has 3 unspecified atom stereocenters. The molecule has 1 aliphatic carbocycles. The minimum absolute atomic E-state index is 0.161. The highest BCUT2D eigenvalue weighted by molar-refractivity contribution is 6.29. The largest absolute Gasteiger partial charge is 0.390 e. The highest BCUT2D eigenvalue weighted by atomic mass is 35.5. The average Bonchev–Trinajstić information content (AvgIpc) is 2.97. The zero-order chi connectivity index (χ0) is 30.9. The molecule has 0 aliphatic heterocycles. The van der Waals surface area contributed by atoms with Gasteiger partial charge in [-0.2, -0.15) is 0 Å². The summed E-state index contributed by atoms with van der Waals surface area (Å²) >= 11 is 5.98. The Balaban J connectivity index is 0. The van der Waals surface area contributed by atoms with E-state index in [-0.39, 0.29) is 5.92 Å². The summed E-state index contributed by atoms with van der Waals surface area (Å²) in [5, 5.41) is 22.4. The smallest absolute Gasteiger partial charge is 0.254 e.